The molecule has 0 saturated heterocycles. The Morgan fingerprint density at radius 2 is 2.09 bits per heavy atom. The highest BCUT2D eigenvalue weighted by molar-refractivity contribution is 5.94. The minimum Gasteiger partial charge on any atom is -0.435 e. The van der Waals surface area contributed by atoms with E-state index in [-0.39, 0.29) is 23.3 Å². The van der Waals surface area contributed by atoms with Crippen LogP contribution in [0.25, 0.3) is 0 Å². The predicted octanol–water partition coefficient (Wildman–Crippen LogP) is 3.10. The van der Waals surface area contributed by atoms with Crippen LogP contribution in [-0.4, -0.2) is 29.8 Å². The second-order valence-corrected chi connectivity index (χ2v) is 6.47. The Hall–Kier alpha value is -1.76. The van der Waals surface area contributed by atoms with Crippen LogP contribution in [-0.2, 0) is 0 Å². The summed E-state index contributed by atoms with van der Waals surface area (Å²) in [6.07, 6.45) is 2.25. The first-order valence-electron chi connectivity index (χ1n) is 7.40. The van der Waals surface area contributed by atoms with Crippen molar-refractivity contribution in [3.05, 3.63) is 29.6 Å². The summed E-state index contributed by atoms with van der Waals surface area (Å²) in [6.45, 7) is 0.785. The first-order chi connectivity index (χ1) is 10.6. The van der Waals surface area contributed by atoms with Gasteiger partial charge in [-0.05, 0) is 36.8 Å². The number of benzene rings is 1. The minimum absolute atomic E-state index is 0.00750. The van der Waals surface area contributed by atoms with Crippen LogP contribution in [0.1, 0.15) is 43.5 Å². The number of hydrogen-bond acceptors (Lipinski definition) is 3. The van der Waals surface area contributed by atoms with Gasteiger partial charge < -0.3 is 15.2 Å². The number of nitrogens with one attached hydrogen (secondary N) is 1. The zero-order valence-electron chi connectivity index (χ0n) is 13.0. The summed E-state index contributed by atoms with van der Waals surface area (Å²) in [5.41, 5.74) is -1.67. The number of halogens is 3. The number of amides is 1. The van der Waals surface area contributed by atoms with E-state index in [0.717, 1.165) is 31.0 Å². The number of carbonyl (C=O) groups is 1. The van der Waals surface area contributed by atoms with Gasteiger partial charge in [-0.15, -0.1) is 0 Å². The van der Waals surface area contributed by atoms with E-state index in [0.29, 0.717) is 6.42 Å². The van der Waals surface area contributed by atoms with E-state index in [1.807, 2.05) is 13.8 Å². The topological polar surface area (TPSA) is 58.6 Å². The maximum absolute atomic E-state index is 13.9. The molecule has 1 fully saturated rings. The van der Waals surface area contributed by atoms with Gasteiger partial charge in [0, 0.05) is 12.6 Å². The molecule has 0 spiro atoms. The highest BCUT2D eigenvalue weighted by Crippen LogP contribution is 2.45. The van der Waals surface area contributed by atoms with Gasteiger partial charge in [-0.25, -0.2) is 4.39 Å². The number of ether oxygens (including phenoxy) is 1. The first kappa shape index (κ1) is 17.6. The average molecular weight is 331 g/mol. The summed E-state index contributed by atoms with van der Waals surface area (Å²) in [6, 6.07) is 2.90. The third-order valence-electron chi connectivity index (χ3n) is 4.60. The van der Waals surface area contributed by atoms with Crippen LogP contribution in [0, 0.1) is 11.2 Å². The smallest absolute Gasteiger partial charge is 0.387 e. The molecule has 1 atom stereocenters. The molecule has 1 aromatic carbocycles. The lowest BCUT2D eigenvalue weighted by Crippen LogP contribution is -2.49. The summed E-state index contributed by atoms with van der Waals surface area (Å²) in [7, 11) is 0. The van der Waals surface area contributed by atoms with Crippen LogP contribution < -0.4 is 10.1 Å². The molecule has 2 rings (SSSR count). The summed E-state index contributed by atoms with van der Waals surface area (Å²) in [5.74, 6) is -2.02. The highest BCUT2D eigenvalue weighted by Gasteiger charge is 2.47. The van der Waals surface area contributed by atoms with Crippen molar-refractivity contribution in [2.75, 3.05) is 6.54 Å². The van der Waals surface area contributed by atoms with Crippen LogP contribution in [0.5, 0.6) is 5.75 Å². The van der Waals surface area contributed by atoms with E-state index < -0.39 is 23.9 Å². The lowest BCUT2D eigenvalue weighted by atomic mass is 9.78. The van der Waals surface area contributed by atoms with Crippen LogP contribution in [0.2, 0.25) is 0 Å². The van der Waals surface area contributed by atoms with Crippen LogP contribution >= 0.6 is 0 Å². The normalized spacial score (nSPS) is 23.1. The van der Waals surface area contributed by atoms with Gasteiger partial charge in [-0.2, -0.15) is 8.78 Å². The van der Waals surface area contributed by atoms with Gasteiger partial charge in [-0.1, -0.05) is 13.8 Å². The molecule has 23 heavy (non-hydrogen) atoms. The SMILES string of the molecule is CC1(C)CCC[C@@]1(O)CNC(=O)c1ccc(OC(F)F)cc1F. The lowest BCUT2D eigenvalue weighted by Gasteiger charge is -2.36. The fraction of sp³-hybridized carbons (Fsp3) is 0.562. The Bertz CT molecular complexity index is 592. The zero-order chi connectivity index (χ0) is 17.3. The van der Waals surface area contributed by atoms with E-state index in [1.165, 1.54) is 0 Å². The number of carbonyl (C=O) groups excluding carboxylic acids is 1. The summed E-state index contributed by atoms with van der Waals surface area (Å²) in [4.78, 5) is 12.1. The first-order valence-corrected chi connectivity index (χ1v) is 7.40. The quantitative estimate of drug-likeness (QED) is 0.872. The predicted molar refractivity (Wildman–Crippen MR) is 77.9 cm³/mol. The molecule has 0 unspecified atom stereocenters. The Balaban J connectivity index is 2.04. The van der Waals surface area contributed by atoms with E-state index in [9.17, 15) is 23.1 Å². The van der Waals surface area contributed by atoms with Crippen molar-refractivity contribution < 1.29 is 27.8 Å². The molecule has 1 amide bonds. The van der Waals surface area contributed by atoms with E-state index in [4.69, 9.17) is 0 Å². The molecule has 4 nitrogen and oxygen atoms in total. The molecule has 128 valence electrons. The molecule has 2 N–H and O–H groups in total. The molecule has 0 heterocycles. The van der Waals surface area contributed by atoms with Crippen LogP contribution in [0.3, 0.4) is 0 Å². The van der Waals surface area contributed by atoms with Gasteiger partial charge >= 0.3 is 6.61 Å². The number of rotatable bonds is 5. The van der Waals surface area contributed by atoms with Crippen molar-refractivity contribution in [1.29, 1.82) is 0 Å². The van der Waals surface area contributed by atoms with Gasteiger partial charge in [0.25, 0.3) is 5.91 Å². The zero-order valence-corrected chi connectivity index (χ0v) is 13.0. The number of aliphatic hydroxyl groups is 1. The Labute approximate surface area is 132 Å². The summed E-state index contributed by atoms with van der Waals surface area (Å²) in [5, 5.41) is 13.1. The van der Waals surface area contributed by atoms with Gasteiger partial charge in [0.05, 0.1) is 11.2 Å². The Kier molecular flexibility index (Phi) is 4.89. The fourth-order valence-electron chi connectivity index (χ4n) is 2.90. The maximum atomic E-state index is 13.9. The van der Waals surface area contributed by atoms with Crippen LogP contribution in [0.4, 0.5) is 13.2 Å². The third kappa shape index (κ3) is 3.77. The molecule has 0 aliphatic heterocycles. The standard InChI is InChI=1S/C16H20F3NO3/c1-15(2)6-3-7-16(15,22)9-20-13(21)11-5-4-10(8-12(11)17)23-14(18)19/h4-5,8,14,22H,3,6-7,9H2,1-2H3,(H,20,21)/t16-/m1/s1. The molecule has 1 aromatic rings. The minimum atomic E-state index is -3.06. The largest absolute Gasteiger partial charge is 0.435 e. The third-order valence-corrected chi connectivity index (χ3v) is 4.60. The Morgan fingerprint density at radius 3 is 2.61 bits per heavy atom. The molecule has 0 radical (unpaired) electrons. The molecule has 1 saturated carbocycles. The van der Waals surface area contributed by atoms with Gasteiger partial charge in [0.1, 0.15) is 11.6 Å². The molecular weight excluding hydrogens is 311 g/mol. The highest BCUT2D eigenvalue weighted by atomic mass is 19.3. The molecule has 1 aliphatic carbocycles. The van der Waals surface area contributed by atoms with Crippen molar-refractivity contribution >= 4 is 5.91 Å². The maximum Gasteiger partial charge on any atom is 0.387 e. The fourth-order valence-corrected chi connectivity index (χ4v) is 2.90. The van der Waals surface area contributed by atoms with Crippen molar-refractivity contribution in [2.24, 2.45) is 5.41 Å². The van der Waals surface area contributed by atoms with Crippen molar-refractivity contribution in [3.8, 4) is 5.75 Å². The van der Waals surface area contributed by atoms with Gasteiger partial charge in [0.15, 0.2) is 0 Å². The molecule has 0 aromatic heterocycles. The average Bonchev–Trinajstić information content (AvgIpc) is 2.70. The molecular formula is C16H20F3NO3. The van der Waals surface area contributed by atoms with E-state index in [1.54, 1.807) is 0 Å². The van der Waals surface area contributed by atoms with Crippen molar-refractivity contribution in [3.63, 3.8) is 0 Å². The second kappa shape index (κ2) is 6.39. The van der Waals surface area contributed by atoms with Crippen molar-refractivity contribution in [2.45, 2.75) is 45.3 Å². The molecule has 7 heteroatoms. The number of alkyl halides is 2. The Morgan fingerprint density at radius 1 is 1.39 bits per heavy atom. The van der Waals surface area contributed by atoms with E-state index >= 15 is 0 Å². The second-order valence-electron chi connectivity index (χ2n) is 6.47. The van der Waals surface area contributed by atoms with Gasteiger partial charge in [0.2, 0.25) is 0 Å². The van der Waals surface area contributed by atoms with Crippen LogP contribution in [0.15, 0.2) is 18.2 Å². The molecule has 1 aliphatic rings. The lowest BCUT2D eigenvalue weighted by molar-refractivity contribution is -0.0500. The van der Waals surface area contributed by atoms with Crippen molar-refractivity contribution in [1.82, 2.24) is 5.32 Å². The summed E-state index contributed by atoms with van der Waals surface area (Å²) >= 11 is 0. The van der Waals surface area contributed by atoms with Gasteiger partial charge in [-0.3, -0.25) is 4.79 Å². The monoisotopic (exact) mass is 331 g/mol. The molecule has 0 bridgehead atoms. The van der Waals surface area contributed by atoms with E-state index in [2.05, 4.69) is 10.1 Å². The number of hydrogen-bond donors (Lipinski definition) is 2. The summed E-state index contributed by atoms with van der Waals surface area (Å²) < 4.78 is 42.1.